The summed E-state index contributed by atoms with van der Waals surface area (Å²) in [6.07, 6.45) is 1.19. The number of aliphatic imine (C=N–C) groups is 1. The van der Waals surface area contributed by atoms with Crippen LogP contribution in [0.4, 0.5) is 5.13 Å². The molecule has 6 nitrogen and oxygen atoms in total. The molecule has 0 atom stereocenters. The van der Waals surface area contributed by atoms with E-state index in [1.807, 2.05) is 19.0 Å². The van der Waals surface area contributed by atoms with E-state index in [4.69, 9.17) is 0 Å². The molecule has 1 heterocycles. The number of thiazole rings is 1. The summed E-state index contributed by atoms with van der Waals surface area (Å²) >= 11 is 1.65. The van der Waals surface area contributed by atoms with Gasteiger partial charge in [-0.25, -0.2) is 4.98 Å². The van der Waals surface area contributed by atoms with Gasteiger partial charge in [0.05, 0.1) is 12.2 Å². The van der Waals surface area contributed by atoms with Crippen molar-refractivity contribution < 1.29 is 0 Å². The van der Waals surface area contributed by atoms with E-state index in [-0.39, 0.29) is 0 Å². The van der Waals surface area contributed by atoms with Crippen LogP contribution in [0, 0.1) is 0 Å². The van der Waals surface area contributed by atoms with Crippen LogP contribution in [0.1, 0.15) is 26.0 Å². The summed E-state index contributed by atoms with van der Waals surface area (Å²) in [6.45, 7) is 9.28. The molecule has 0 bridgehead atoms. The van der Waals surface area contributed by atoms with Crippen LogP contribution >= 0.6 is 11.3 Å². The first-order valence-electron chi connectivity index (χ1n) is 7.89. The zero-order chi connectivity index (χ0) is 16.4. The number of guanidine groups is 1. The zero-order valence-corrected chi connectivity index (χ0v) is 15.3. The minimum Gasteiger partial charge on any atom is -0.355 e. The fraction of sp³-hybridized carbons (Fsp3) is 0.733. The molecule has 0 unspecified atom stereocenters. The lowest BCUT2D eigenvalue weighted by atomic mass is 10.4. The molecule has 7 heteroatoms. The molecule has 0 saturated heterocycles. The maximum Gasteiger partial charge on any atom is 0.191 e. The maximum atomic E-state index is 4.55. The van der Waals surface area contributed by atoms with Crippen LogP contribution in [0.5, 0.6) is 0 Å². The molecule has 1 aromatic rings. The van der Waals surface area contributed by atoms with Crippen molar-refractivity contribution in [3.05, 3.63) is 11.1 Å². The van der Waals surface area contributed by atoms with Gasteiger partial charge >= 0.3 is 0 Å². The van der Waals surface area contributed by atoms with E-state index >= 15 is 0 Å². The number of aromatic nitrogens is 1. The summed E-state index contributed by atoms with van der Waals surface area (Å²) in [5, 5.41) is 9.77. The fourth-order valence-electron chi connectivity index (χ4n) is 2.05. The van der Waals surface area contributed by atoms with Gasteiger partial charge in [0.15, 0.2) is 11.1 Å². The van der Waals surface area contributed by atoms with Gasteiger partial charge in [-0.05, 0) is 19.5 Å². The van der Waals surface area contributed by atoms with Gasteiger partial charge in [-0.3, -0.25) is 4.99 Å². The molecule has 1 aromatic heterocycles. The number of hydrogen-bond acceptors (Lipinski definition) is 5. The molecule has 0 radical (unpaired) electrons. The van der Waals surface area contributed by atoms with Gasteiger partial charge in [0, 0.05) is 39.6 Å². The van der Waals surface area contributed by atoms with Gasteiger partial charge in [0.25, 0.3) is 0 Å². The number of anilines is 1. The highest BCUT2D eigenvalue weighted by Crippen LogP contribution is 2.17. The number of rotatable bonds is 9. The first kappa shape index (κ1) is 18.7. The Kier molecular flexibility index (Phi) is 8.84. The van der Waals surface area contributed by atoms with Crippen molar-refractivity contribution >= 4 is 22.4 Å². The molecule has 2 N–H and O–H groups in total. The number of hydrogen-bond donors (Lipinski definition) is 2. The molecule has 126 valence electrons. The van der Waals surface area contributed by atoms with Crippen LogP contribution in [0.3, 0.4) is 0 Å². The first-order valence-corrected chi connectivity index (χ1v) is 8.77. The van der Waals surface area contributed by atoms with Gasteiger partial charge in [0.2, 0.25) is 0 Å². The van der Waals surface area contributed by atoms with Crippen molar-refractivity contribution in [3.63, 3.8) is 0 Å². The van der Waals surface area contributed by atoms with Crippen LogP contribution in [0.2, 0.25) is 0 Å². The van der Waals surface area contributed by atoms with Crippen LogP contribution in [-0.4, -0.2) is 63.2 Å². The molecule has 22 heavy (non-hydrogen) atoms. The Bertz CT molecular complexity index is 443. The molecule has 0 spiro atoms. The normalized spacial score (nSPS) is 11.8. The van der Waals surface area contributed by atoms with E-state index in [1.165, 1.54) is 6.42 Å². The van der Waals surface area contributed by atoms with E-state index in [0.717, 1.165) is 43.0 Å². The van der Waals surface area contributed by atoms with E-state index in [2.05, 4.69) is 44.7 Å². The Morgan fingerprint density at radius 2 is 2.05 bits per heavy atom. The lowest BCUT2D eigenvalue weighted by molar-refractivity contribution is 0.293. The second-order valence-electron chi connectivity index (χ2n) is 5.30. The lowest BCUT2D eigenvalue weighted by Gasteiger charge is -2.20. The monoisotopic (exact) mass is 326 g/mol. The lowest BCUT2D eigenvalue weighted by Crippen LogP contribution is -2.41. The molecule has 0 amide bonds. The van der Waals surface area contributed by atoms with Crippen molar-refractivity contribution in [2.75, 3.05) is 52.2 Å². The van der Waals surface area contributed by atoms with Crippen molar-refractivity contribution in [2.24, 2.45) is 4.99 Å². The third-order valence-electron chi connectivity index (χ3n) is 3.29. The molecule has 0 aromatic carbocycles. The quantitative estimate of drug-likeness (QED) is 0.533. The summed E-state index contributed by atoms with van der Waals surface area (Å²) in [4.78, 5) is 13.3. The van der Waals surface area contributed by atoms with Crippen molar-refractivity contribution in [3.8, 4) is 0 Å². The summed E-state index contributed by atoms with van der Waals surface area (Å²) in [7, 11) is 5.81. The molecular formula is C15H30N6S. The summed E-state index contributed by atoms with van der Waals surface area (Å²) in [6, 6.07) is 0. The molecule has 1 rings (SSSR count). The number of likely N-dealkylation sites (N-methyl/N-ethyl adjacent to an activating group) is 1. The van der Waals surface area contributed by atoms with Crippen LogP contribution in [0.25, 0.3) is 0 Å². The molecular weight excluding hydrogens is 296 g/mol. The Labute approximate surface area is 138 Å². The topological polar surface area (TPSA) is 55.8 Å². The first-order chi connectivity index (χ1) is 10.6. The van der Waals surface area contributed by atoms with Gasteiger partial charge in [-0.1, -0.05) is 13.8 Å². The van der Waals surface area contributed by atoms with E-state index in [9.17, 15) is 0 Å². The minimum atomic E-state index is 0.691. The average Bonchev–Trinajstić information content (AvgIpc) is 2.98. The predicted octanol–water partition coefficient (Wildman–Crippen LogP) is 1.61. The largest absolute Gasteiger partial charge is 0.355 e. The fourth-order valence-corrected chi connectivity index (χ4v) is 2.81. The smallest absolute Gasteiger partial charge is 0.191 e. The highest BCUT2D eigenvalue weighted by atomic mass is 32.1. The van der Waals surface area contributed by atoms with Crippen LogP contribution < -0.4 is 15.5 Å². The predicted molar refractivity (Wildman–Crippen MR) is 97.0 cm³/mol. The second-order valence-corrected chi connectivity index (χ2v) is 6.14. The van der Waals surface area contributed by atoms with Crippen LogP contribution in [-0.2, 0) is 6.54 Å². The highest BCUT2D eigenvalue weighted by molar-refractivity contribution is 7.13. The van der Waals surface area contributed by atoms with Crippen molar-refractivity contribution in [1.82, 2.24) is 20.5 Å². The van der Waals surface area contributed by atoms with Gasteiger partial charge < -0.3 is 20.4 Å². The molecule has 0 fully saturated rings. The summed E-state index contributed by atoms with van der Waals surface area (Å²) in [5.74, 6) is 0.826. The third-order valence-corrected chi connectivity index (χ3v) is 4.35. The Hall–Kier alpha value is -1.34. The highest BCUT2D eigenvalue weighted by Gasteiger charge is 2.05. The van der Waals surface area contributed by atoms with Crippen molar-refractivity contribution in [2.45, 2.75) is 26.8 Å². The standard InChI is InChI=1S/C15H30N6S/c1-6-9-21(7-2)10-8-17-14(16-3)18-11-13-12-22-15(19-13)20(4)5/h12H,6-11H2,1-5H3,(H2,16,17,18). The van der Waals surface area contributed by atoms with E-state index < -0.39 is 0 Å². The minimum absolute atomic E-state index is 0.691. The summed E-state index contributed by atoms with van der Waals surface area (Å²) < 4.78 is 0. The SMILES string of the molecule is CCCN(CC)CCNC(=NC)NCc1csc(N(C)C)n1. The van der Waals surface area contributed by atoms with Gasteiger partial charge in [-0.15, -0.1) is 11.3 Å². The van der Waals surface area contributed by atoms with Gasteiger partial charge in [-0.2, -0.15) is 0 Å². The molecule has 0 saturated carbocycles. The maximum absolute atomic E-state index is 4.55. The molecule has 0 aliphatic rings. The van der Waals surface area contributed by atoms with Crippen LogP contribution in [0.15, 0.2) is 10.4 Å². The van der Waals surface area contributed by atoms with Gasteiger partial charge in [0.1, 0.15) is 0 Å². The Morgan fingerprint density at radius 3 is 2.59 bits per heavy atom. The van der Waals surface area contributed by atoms with Crippen molar-refractivity contribution in [1.29, 1.82) is 0 Å². The second kappa shape index (κ2) is 10.4. The molecule has 0 aliphatic heterocycles. The number of nitrogens with one attached hydrogen (secondary N) is 2. The number of nitrogens with zero attached hydrogens (tertiary/aromatic N) is 4. The van der Waals surface area contributed by atoms with E-state index in [1.54, 1.807) is 18.4 Å². The summed E-state index contributed by atoms with van der Waals surface area (Å²) in [5.41, 5.74) is 1.04. The Balaban J connectivity index is 2.33. The average molecular weight is 327 g/mol. The third kappa shape index (κ3) is 6.62. The van der Waals surface area contributed by atoms with E-state index in [0.29, 0.717) is 6.54 Å². The Morgan fingerprint density at radius 1 is 1.27 bits per heavy atom. The molecule has 0 aliphatic carbocycles. The zero-order valence-electron chi connectivity index (χ0n) is 14.5.